The largest absolute Gasteiger partial charge is 0.462 e. The van der Waals surface area contributed by atoms with Gasteiger partial charge in [-0.25, -0.2) is 0 Å². The molecule has 0 aromatic heterocycles. The highest BCUT2D eigenvalue weighted by Crippen LogP contribution is 2.09. The summed E-state index contributed by atoms with van der Waals surface area (Å²) in [6, 6.07) is 0. The molecule has 0 saturated carbocycles. The Bertz CT molecular complexity index is 431. The van der Waals surface area contributed by atoms with Crippen molar-refractivity contribution in [3.8, 4) is 0 Å². The van der Waals surface area contributed by atoms with Crippen molar-refractivity contribution in [2.75, 3.05) is 13.2 Å². The van der Waals surface area contributed by atoms with E-state index in [4.69, 9.17) is 14.2 Å². The molecule has 0 radical (unpaired) electrons. The van der Waals surface area contributed by atoms with E-state index in [1.54, 1.807) is 0 Å². The Labute approximate surface area is 183 Å². The molecule has 0 aliphatic rings. The van der Waals surface area contributed by atoms with Gasteiger partial charge in [0, 0.05) is 19.3 Å². The predicted molar refractivity (Wildman–Crippen MR) is 118 cm³/mol. The van der Waals surface area contributed by atoms with E-state index in [1.165, 1.54) is 12.8 Å². The number of carbonyl (C=O) groups excluding carboxylic acids is 3. The minimum absolute atomic E-state index is 0.0819. The van der Waals surface area contributed by atoms with Crippen LogP contribution in [0.5, 0.6) is 0 Å². The minimum atomic E-state index is -0.760. The molecule has 0 N–H and O–H groups in total. The second-order valence-electron chi connectivity index (χ2n) is 8.40. The molecule has 0 aromatic rings. The molecule has 0 spiro atoms. The molecule has 0 aliphatic heterocycles. The number of unbranched alkanes of at least 4 members (excludes halogenated alkanes) is 8. The zero-order valence-electron chi connectivity index (χ0n) is 19.7. The van der Waals surface area contributed by atoms with Gasteiger partial charge < -0.3 is 14.2 Å². The molecule has 30 heavy (non-hydrogen) atoms. The Balaban J connectivity index is 4.31. The Hall–Kier alpha value is -1.59. The lowest BCUT2D eigenvalue weighted by Crippen LogP contribution is -2.31. The summed E-state index contributed by atoms with van der Waals surface area (Å²) < 4.78 is 15.9. The van der Waals surface area contributed by atoms with Gasteiger partial charge in [0.15, 0.2) is 6.10 Å². The summed E-state index contributed by atoms with van der Waals surface area (Å²) in [5.41, 5.74) is 0. The molecule has 0 amide bonds. The van der Waals surface area contributed by atoms with E-state index in [2.05, 4.69) is 13.8 Å². The number of esters is 3. The third-order valence-corrected chi connectivity index (χ3v) is 4.70. The fraction of sp³-hybridized carbons (Fsp3) is 0.875. The van der Waals surface area contributed by atoms with Crippen molar-refractivity contribution < 1.29 is 28.6 Å². The Morgan fingerprint density at radius 2 is 1.07 bits per heavy atom. The topological polar surface area (TPSA) is 78.9 Å². The molecule has 0 unspecified atom stereocenters. The van der Waals surface area contributed by atoms with Crippen molar-refractivity contribution in [3.63, 3.8) is 0 Å². The average molecular weight is 429 g/mol. The summed E-state index contributed by atoms with van der Waals surface area (Å²) in [4.78, 5) is 35.9. The quantitative estimate of drug-likeness (QED) is 0.148. The van der Waals surface area contributed by atoms with Gasteiger partial charge in [-0.05, 0) is 18.8 Å². The normalized spacial score (nSPS) is 11.0. The second kappa shape index (κ2) is 19.4. The number of carbonyl (C=O) groups is 3. The van der Waals surface area contributed by atoms with Crippen molar-refractivity contribution in [1.82, 2.24) is 0 Å². The molecule has 0 bridgehead atoms. The Morgan fingerprint density at radius 3 is 1.47 bits per heavy atom. The highest BCUT2D eigenvalue weighted by molar-refractivity contribution is 5.71. The molecule has 6 nitrogen and oxygen atoms in total. The molecular weight excluding hydrogens is 384 g/mol. The first-order valence-corrected chi connectivity index (χ1v) is 11.9. The van der Waals surface area contributed by atoms with Crippen LogP contribution in [0, 0.1) is 5.92 Å². The smallest absolute Gasteiger partial charge is 0.306 e. The van der Waals surface area contributed by atoms with Crippen molar-refractivity contribution in [1.29, 1.82) is 0 Å². The van der Waals surface area contributed by atoms with Crippen LogP contribution in [0.4, 0.5) is 0 Å². The molecule has 0 heterocycles. The maximum Gasteiger partial charge on any atom is 0.306 e. The summed E-state index contributed by atoms with van der Waals surface area (Å²) in [6.45, 7) is 7.98. The molecule has 6 heteroatoms. The summed E-state index contributed by atoms with van der Waals surface area (Å²) in [5, 5.41) is 0. The molecule has 0 saturated heterocycles. The maximum atomic E-state index is 12.0. The van der Waals surface area contributed by atoms with E-state index in [0.29, 0.717) is 12.8 Å². The van der Waals surface area contributed by atoms with E-state index in [1.807, 2.05) is 13.8 Å². The van der Waals surface area contributed by atoms with Gasteiger partial charge in [0.2, 0.25) is 0 Å². The van der Waals surface area contributed by atoms with E-state index in [9.17, 15) is 14.4 Å². The fourth-order valence-corrected chi connectivity index (χ4v) is 2.95. The number of ether oxygens (including phenoxy) is 3. The Kier molecular flexibility index (Phi) is 18.4. The first-order valence-electron chi connectivity index (χ1n) is 11.9. The van der Waals surface area contributed by atoms with Gasteiger partial charge in [0.1, 0.15) is 13.2 Å². The standard InChI is InChI=1S/C24H44O6/c1-5-7-9-11-13-15-22(25)28-18-21(30-24(27)17-20(3)4)19-29-23(26)16-14-12-10-8-6-2/h20-21H,5-19H2,1-4H3. The van der Waals surface area contributed by atoms with Crippen molar-refractivity contribution in [2.24, 2.45) is 5.92 Å². The summed E-state index contributed by atoms with van der Waals surface area (Å²) in [5.74, 6) is -0.826. The van der Waals surface area contributed by atoms with Gasteiger partial charge in [-0.15, -0.1) is 0 Å². The highest BCUT2D eigenvalue weighted by atomic mass is 16.6. The lowest BCUT2D eigenvalue weighted by atomic mass is 10.1. The van der Waals surface area contributed by atoms with Gasteiger partial charge in [0.25, 0.3) is 0 Å². The lowest BCUT2D eigenvalue weighted by Gasteiger charge is -2.18. The zero-order valence-corrected chi connectivity index (χ0v) is 19.7. The van der Waals surface area contributed by atoms with Crippen LogP contribution in [0.15, 0.2) is 0 Å². The van der Waals surface area contributed by atoms with Crippen LogP contribution < -0.4 is 0 Å². The lowest BCUT2D eigenvalue weighted by molar-refractivity contribution is -0.167. The predicted octanol–water partition coefficient (Wildman–Crippen LogP) is 5.75. The summed E-state index contributed by atoms with van der Waals surface area (Å²) in [7, 11) is 0. The third kappa shape index (κ3) is 18.4. The molecule has 0 rings (SSSR count). The van der Waals surface area contributed by atoms with Gasteiger partial charge in [-0.1, -0.05) is 79.1 Å². The SMILES string of the molecule is CCCCCCCC(=O)OCC(COC(=O)CCCCCCC)OC(=O)CC(C)C. The molecule has 176 valence electrons. The van der Waals surface area contributed by atoms with E-state index >= 15 is 0 Å². The third-order valence-electron chi connectivity index (χ3n) is 4.70. The van der Waals surface area contributed by atoms with Gasteiger partial charge in [-0.2, -0.15) is 0 Å². The van der Waals surface area contributed by atoms with Crippen molar-refractivity contribution >= 4 is 17.9 Å². The monoisotopic (exact) mass is 428 g/mol. The molecule has 0 aliphatic carbocycles. The molecule has 0 atom stereocenters. The maximum absolute atomic E-state index is 12.0. The Morgan fingerprint density at radius 1 is 0.633 bits per heavy atom. The fourth-order valence-electron chi connectivity index (χ4n) is 2.95. The van der Waals surface area contributed by atoms with Crippen LogP contribution in [0.25, 0.3) is 0 Å². The van der Waals surface area contributed by atoms with E-state index in [-0.39, 0.29) is 43.5 Å². The van der Waals surface area contributed by atoms with Crippen LogP contribution in [0.1, 0.15) is 111 Å². The first kappa shape index (κ1) is 28.4. The molecular formula is C24H44O6. The van der Waals surface area contributed by atoms with Crippen molar-refractivity contribution in [3.05, 3.63) is 0 Å². The minimum Gasteiger partial charge on any atom is -0.462 e. The molecule has 0 aromatic carbocycles. The second-order valence-corrected chi connectivity index (χ2v) is 8.40. The van der Waals surface area contributed by atoms with Gasteiger partial charge >= 0.3 is 17.9 Å². The van der Waals surface area contributed by atoms with Crippen LogP contribution >= 0.6 is 0 Å². The van der Waals surface area contributed by atoms with Crippen molar-refractivity contribution in [2.45, 2.75) is 117 Å². The summed E-state index contributed by atoms with van der Waals surface area (Å²) >= 11 is 0. The van der Waals surface area contributed by atoms with Crippen LogP contribution in [0.3, 0.4) is 0 Å². The van der Waals surface area contributed by atoms with Gasteiger partial charge in [-0.3, -0.25) is 14.4 Å². The number of rotatable bonds is 19. The average Bonchev–Trinajstić information content (AvgIpc) is 2.69. The summed E-state index contributed by atoms with van der Waals surface area (Å²) in [6.07, 6.45) is 10.7. The van der Waals surface area contributed by atoms with E-state index < -0.39 is 6.10 Å². The van der Waals surface area contributed by atoms with Crippen LogP contribution in [0.2, 0.25) is 0 Å². The zero-order chi connectivity index (χ0) is 22.6. The number of hydrogen-bond acceptors (Lipinski definition) is 6. The first-order chi connectivity index (χ1) is 14.4. The van der Waals surface area contributed by atoms with Gasteiger partial charge in [0.05, 0.1) is 0 Å². The van der Waals surface area contributed by atoms with E-state index in [0.717, 1.165) is 51.4 Å². The van der Waals surface area contributed by atoms with Crippen LogP contribution in [-0.4, -0.2) is 37.2 Å². The van der Waals surface area contributed by atoms with Crippen LogP contribution in [-0.2, 0) is 28.6 Å². The highest BCUT2D eigenvalue weighted by Gasteiger charge is 2.20. The molecule has 0 fully saturated rings. The number of hydrogen-bond donors (Lipinski definition) is 0.